The summed E-state index contributed by atoms with van der Waals surface area (Å²) < 4.78 is 120. The summed E-state index contributed by atoms with van der Waals surface area (Å²) in [4.78, 5) is 70.3. The molecule has 0 amide bonds. The number of fused-ring (bicyclic) bond motifs is 4. The molecule has 0 spiro atoms. The van der Waals surface area contributed by atoms with Crippen LogP contribution in [0.3, 0.4) is 0 Å². The van der Waals surface area contributed by atoms with Crippen molar-refractivity contribution in [3.8, 4) is 0 Å². The third-order valence-corrected chi connectivity index (χ3v) is 60.0. The molecule has 0 unspecified atom stereocenters. The molecule has 4 bridgehead atoms. The number of rotatable bonds is 46. The van der Waals surface area contributed by atoms with E-state index in [0.29, 0.717) is 74.9 Å². The zero-order chi connectivity index (χ0) is 107. The second-order valence-corrected chi connectivity index (χ2v) is 75.5. The van der Waals surface area contributed by atoms with E-state index in [1.165, 1.54) is 0 Å². The summed E-state index contributed by atoms with van der Waals surface area (Å²) in [6.45, 7) is 75.0. The Kier molecular flexibility index (Phi) is 55.1. The van der Waals surface area contributed by atoms with Gasteiger partial charge >= 0.3 is 11.9 Å². The van der Waals surface area contributed by atoms with Crippen LogP contribution >= 0.6 is 0 Å². The van der Waals surface area contributed by atoms with E-state index in [9.17, 15) is 9.59 Å². The van der Waals surface area contributed by atoms with Gasteiger partial charge in [0.15, 0.2) is 73.3 Å². The Balaban J connectivity index is 2.45. The van der Waals surface area contributed by atoms with Crippen molar-refractivity contribution in [3.63, 3.8) is 0 Å². The van der Waals surface area contributed by atoms with Gasteiger partial charge in [-0.05, 0) is 159 Å². The highest BCUT2D eigenvalue weighted by Crippen LogP contribution is 2.48. The predicted molar refractivity (Wildman–Crippen MR) is 584 cm³/mol. The molecule has 3 rings (SSSR count). The lowest BCUT2D eigenvalue weighted by Crippen LogP contribution is -2.53. The van der Waals surface area contributed by atoms with Gasteiger partial charge < -0.3 is 82.8 Å². The molecule has 2 aromatic heterocycles. The van der Waals surface area contributed by atoms with Crippen LogP contribution < -0.4 is 0 Å². The molecule has 3 heterocycles. The van der Waals surface area contributed by atoms with Gasteiger partial charge in [-0.3, -0.25) is 19.2 Å². The summed E-state index contributed by atoms with van der Waals surface area (Å²) in [7, 11) is -0.838. The van der Waals surface area contributed by atoms with E-state index in [-0.39, 0.29) is 94.3 Å². The Morgan fingerprint density at radius 1 is 0.436 bits per heavy atom. The molecule has 0 fully saturated rings. The van der Waals surface area contributed by atoms with Crippen molar-refractivity contribution in [3.05, 3.63) is 109 Å². The molecule has 30 heteroatoms. The molecule has 140 heavy (non-hydrogen) atoms. The van der Waals surface area contributed by atoms with Gasteiger partial charge in [-0.1, -0.05) is 241 Å². The summed E-state index contributed by atoms with van der Waals surface area (Å²) >= 11 is 0. The van der Waals surface area contributed by atoms with E-state index < -0.39 is 158 Å². The molecule has 0 radical (unpaired) electrons. The van der Waals surface area contributed by atoms with E-state index in [4.69, 9.17) is 92.7 Å². The van der Waals surface area contributed by atoms with Gasteiger partial charge in [0.1, 0.15) is 48.3 Å². The number of ether oxygens (including phenoxy) is 10. The molecule has 0 N–H and O–H groups in total. The van der Waals surface area contributed by atoms with Crippen LogP contribution in [-0.4, -0.2) is 227 Å². The molecule has 808 valence electrons. The van der Waals surface area contributed by atoms with Gasteiger partial charge in [0.2, 0.25) is 0 Å². The van der Waals surface area contributed by atoms with Gasteiger partial charge in [0.25, 0.3) is 0 Å². The van der Waals surface area contributed by atoms with Crippen LogP contribution in [0.15, 0.2) is 94.3 Å². The Labute approximate surface area is 857 Å². The fraction of sp³-hybridized carbons (Fsp3) is 0.800. The number of oxazole rings is 2. The number of ketones is 2. The predicted octanol–water partition coefficient (Wildman–Crippen LogP) is 27.1. The van der Waals surface area contributed by atoms with Gasteiger partial charge in [0, 0.05) is 143 Å². The van der Waals surface area contributed by atoms with E-state index in [1.807, 2.05) is 88.5 Å². The Morgan fingerprint density at radius 3 is 1.01 bits per heavy atom. The number of cyclic esters (lactones) is 2. The summed E-state index contributed by atoms with van der Waals surface area (Å²) in [5.41, 5.74) is -0.791. The molecule has 0 saturated carbocycles. The summed E-state index contributed by atoms with van der Waals surface area (Å²) in [6, 6.07) is 6.44. The van der Waals surface area contributed by atoms with Crippen molar-refractivity contribution in [2.75, 3.05) is 70.1 Å². The van der Waals surface area contributed by atoms with Crippen molar-refractivity contribution in [2.45, 2.75) is 464 Å². The Bertz CT molecular complexity index is 3820. The van der Waals surface area contributed by atoms with Crippen LogP contribution in [-0.2, 0) is 106 Å². The molecule has 0 aliphatic carbocycles. The van der Waals surface area contributed by atoms with E-state index in [1.54, 1.807) is 81.6 Å². The number of methoxy groups -OCH3 is 8. The minimum Gasteiger partial charge on any atom is -0.462 e. The number of carbonyl (C=O) groups excluding carboxylic acids is 4. The van der Waals surface area contributed by atoms with Crippen LogP contribution in [0.4, 0.5) is 0 Å². The normalized spacial score (nSPS) is 24.5. The maximum absolute atomic E-state index is 15.7. The number of esters is 2. The van der Waals surface area contributed by atoms with E-state index >= 15 is 9.59 Å². The second-order valence-electron chi connectivity index (χ2n) is 46.9. The topological polar surface area (TPSA) is 268 Å². The fourth-order valence-corrected chi connectivity index (χ4v) is 28.1. The molecular weight excluding hydrogens is 1870 g/mol. The number of aromatic nitrogens is 2. The maximum atomic E-state index is 15.7. The lowest BCUT2D eigenvalue weighted by Gasteiger charge is -2.47. The number of hydrogen-bond acceptors (Lipinski definition) is 24. The minimum absolute atomic E-state index is 0.0550. The van der Waals surface area contributed by atoms with Crippen LogP contribution in [0.25, 0.3) is 0 Å². The van der Waals surface area contributed by atoms with Crippen molar-refractivity contribution >= 4 is 73.4 Å². The molecule has 18 atom stereocenters. The highest BCUT2D eigenvalue weighted by molar-refractivity contribution is 6.76. The van der Waals surface area contributed by atoms with Crippen LogP contribution in [0, 0.1) is 34.5 Å². The molecule has 24 nitrogen and oxygen atoms in total. The lowest BCUT2D eigenvalue weighted by molar-refractivity contribution is -0.167. The SMILES string of the molecule is CC[Si](CC)(CC)OCCC[C@@H](OC)[C@@H](C)C(=O)/C=C/[C@H](C)[C@H](C[C@@H]1OC(=O)C[C@@H](O[Si](C)(C)C(C)(C)C)C[C@@H](OC)/C=C/C=C/C[C@H](OC)c2coc(n2)C[C@H](O[Si](C)(C)C(C)(C)C)C(C)(C)[C@H](C[C@H](OC)[C@@H](C)/C=C/C(=O)[C@H](C)[C@@H](CCCO[Si](CC)(CC)CC)OC)OC(=O)C[C@@H](O[Si](C)(C)C(C)(C)C)C[C@@H](OC)/C=C/C=C/C[C@H](OC)c2coc(n2)C[C@H](O[Si](C)(C)C(C)(C)C)C1(C)C)OC. The molecule has 0 aromatic carbocycles. The summed E-state index contributed by atoms with van der Waals surface area (Å²) in [5.74, 6) is -1.71. The lowest BCUT2D eigenvalue weighted by atomic mass is 9.76. The van der Waals surface area contributed by atoms with Crippen molar-refractivity contribution in [1.82, 2.24) is 9.97 Å². The highest BCUT2D eigenvalue weighted by atomic mass is 28.4. The van der Waals surface area contributed by atoms with Crippen molar-refractivity contribution in [1.29, 1.82) is 0 Å². The van der Waals surface area contributed by atoms with Gasteiger partial charge in [-0.15, -0.1) is 0 Å². The number of nitrogens with zero attached hydrogens (tertiary/aromatic N) is 2. The van der Waals surface area contributed by atoms with Gasteiger partial charge in [-0.2, -0.15) is 0 Å². The third-order valence-electron chi connectivity index (χ3n) is 32.6. The van der Waals surface area contributed by atoms with Crippen LogP contribution in [0.2, 0.25) is 109 Å². The number of hydrogen-bond donors (Lipinski definition) is 0. The zero-order valence-corrected chi connectivity index (χ0v) is 102. The Morgan fingerprint density at radius 2 is 0.736 bits per heavy atom. The van der Waals surface area contributed by atoms with Gasteiger partial charge in [-0.25, -0.2) is 9.97 Å². The number of allylic oxidation sites excluding steroid dienone is 6. The maximum Gasteiger partial charge on any atom is 0.308 e. The highest BCUT2D eigenvalue weighted by Gasteiger charge is 2.52. The first-order valence-corrected chi connectivity index (χ1v) is 69.3. The monoisotopic (exact) mass is 2070 g/mol. The van der Waals surface area contributed by atoms with E-state index in [2.05, 4.69) is 205 Å². The van der Waals surface area contributed by atoms with Crippen molar-refractivity contribution < 1.29 is 102 Å². The minimum atomic E-state index is -2.69. The first kappa shape index (κ1) is 130. The summed E-state index contributed by atoms with van der Waals surface area (Å²) in [6.07, 6.45) is 23.3. The zero-order valence-electron chi connectivity index (χ0n) is 95.9. The molecule has 0 saturated heterocycles. The molecular formula is C110H202N2O22Si6. The van der Waals surface area contributed by atoms with Crippen molar-refractivity contribution in [2.24, 2.45) is 34.5 Å². The van der Waals surface area contributed by atoms with Crippen LogP contribution in [0.5, 0.6) is 0 Å². The molecule has 1 aliphatic rings. The first-order valence-electron chi connectivity index (χ1n) is 52.6. The van der Waals surface area contributed by atoms with E-state index in [0.717, 1.165) is 49.1 Å². The average Bonchev–Trinajstić information content (AvgIpc) is 1.05. The Hall–Kier alpha value is -4.12. The molecule has 2 aromatic rings. The van der Waals surface area contributed by atoms with Gasteiger partial charge in [0.05, 0.1) is 73.9 Å². The second kappa shape index (κ2) is 59.3. The van der Waals surface area contributed by atoms with Crippen LogP contribution in [0.1, 0.15) is 292 Å². The quantitative estimate of drug-likeness (QED) is 0.0258. The average molecular weight is 2070 g/mol. The fourth-order valence-electron chi connectivity index (χ4n) is 17.1. The third kappa shape index (κ3) is 40.4. The first-order chi connectivity index (χ1) is 65.0. The summed E-state index contributed by atoms with van der Waals surface area (Å²) in [5, 5.41) is -0.970. The standard InChI is InChI=1S/C110H202N2O22Si6/c1-43-139(44-2,45-3)127-67-55-61-91(119-29)81(9)89(113)65-63-79(7)95(123-33)73-97-109(23,24)99(133-137(39,40)107(17,18)19)75-101-111-87(77-125-101)93(121-31)59-53-50-52-58-84(118-28)70-86(132-136(37,38)106(14,15)16)72-104(116)130-98(74-96(124-34)80(8)64-66-90(114)82(10)92(120-30)62-56-68-128-140(46-4,47-5)48-6)110(25,26)100(134-138(41,42)108(20,21)22)76-102-112-88(78-126-102)94(122-32)60-54-49-51-57-83(117-27)69-85(71-103(115)129-97)131-135(35,36)105(11,12)13/h49-54,57-58,63-66,77-86,91-100H,43-48,55-56,59-62,67-76H2,1-42H3/b53-50+,54-49+,57-51+,58-52+,65-63+,66-64+/t79-,80-,81-,82-,83-,84-,85-,86-,91+,92+,93-,94-,95-,96-,97-,98-,99-,100-/m0/s1. The number of carbonyl (C=O) groups is 4. The smallest absolute Gasteiger partial charge is 0.308 e. The molecule has 1 aliphatic heterocycles. The largest absolute Gasteiger partial charge is 0.462 e.